The third-order valence-electron chi connectivity index (χ3n) is 6.52. The summed E-state index contributed by atoms with van der Waals surface area (Å²) in [5.74, 6) is 0.809. The Balaban J connectivity index is 1.15. The molecule has 0 unspecified atom stereocenters. The zero-order valence-electron chi connectivity index (χ0n) is 19.5. The van der Waals surface area contributed by atoms with E-state index < -0.39 is 12.3 Å². The van der Waals surface area contributed by atoms with Gasteiger partial charge in [0, 0.05) is 44.2 Å². The lowest BCUT2D eigenvalue weighted by Gasteiger charge is -2.33. The lowest BCUT2D eigenvalue weighted by atomic mass is 9.97. The van der Waals surface area contributed by atoms with Crippen molar-refractivity contribution in [3.8, 4) is 17.1 Å². The summed E-state index contributed by atoms with van der Waals surface area (Å²) in [4.78, 5) is 22.9. The maximum absolute atomic E-state index is 12.7. The van der Waals surface area contributed by atoms with Gasteiger partial charge in [0.2, 0.25) is 12.2 Å². The van der Waals surface area contributed by atoms with Crippen LogP contribution < -0.4 is 15.0 Å². The molecule has 1 aromatic heterocycles. The van der Waals surface area contributed by atoms with Crippen LogP contribution in [0.25, 0.3) is 11.4 Å². The molecule has 2 aliphatic rings. The number of hydrogen-bond donors (Lipinski definition) is 1. The Morgan fingerprint density at radius 1 is 1.15 bits per heavy atom. The Hall–Kier alpha value is -2.95. The number of aromatic nitrogens is 2. The van der Waals surface area contributed by atoms with Crippen molar-refractivity contribution < 1.29 is 22.8 Å². The summed E-state index contributed by atoms with van der Waals surface area (Å²) in [7, 11) is 1.62. The number of alkyl halides is 2. The van der Waals surface area contributed by atoms with E-state index in [4.69, 9.17) is 9.26 Å². The van der Waals surface area contributed by atoms with E-state index in [1.165, 1.54) is 0 Å². The van der Waals surface area contributed by atoms with E-state index in [2.05, 4.69) is 20.4 Å². The molecular weight excluding hydrogens is 446 g/mol. The quantitative estimate of drug-likeness (QED) is 0.584. The number of nitrogens with one attached hydrogen (secondary N) is 1. The van der Waals surface area contributed by atoms with Gasteiger partial charge < -0.3 is 29.3 Å². The fourth-order valence-electron chi connectivity index (χ4n) is 4.34. The highest BCUT2D eigenvalue weighted by atomic mass is 19.3. The summed E-state index contributed by atoms with van der Waals surface area (Å²) in [6, 6.07) is 7.81. The van der Waals surface area contributed by atoms with Gasteiger partial charge in [0.05, 0.1) is 7.11 Å². The van der Waals surface area contributed by atoms with Crippen LogP contribution in [0, 0.1) is 5.92 Å². The van der Waals surface area contributed by atoms with Gasteiger partial charge in [-0.1, -0.05) is 5.16 Å². The first-order valence-electron chi connectivity index (χ1n) is 11.8. The second-order valence-corrected chi connectivity index (χ2v) is 8.70. The summed E-state index contributed by atoms with van der Waals surface area (Å²) in [5.41, 5.74) is 0.840. The SMILES string of the molecule is COc1ccc(-c2noc(N3CCN(C(=O)NCCCN4CCC(C(F)F)CC4)CC3)n2)cc1. The number of amides is 2. The number of piperazine rings is 1. The molecule has 2 aromatic rings. The molecule has 186 valence electrons. The fraction of sp³-hybridized carbons (Fsp3) is 0.609. The van der Waals surface area contributed by atoms with Gasteiger partial charge in [0.25, 0.3) is 0 Å². The Labute approximate surface area is 198 Å². The van der Waals surface area contributed by atoms with Crippen LogP contribution in [0.5, 0.6) is 5.75 Å². The summed E-state index contributed by atoms with van der Waals surface area (Å²) in [5, 5.41) is 7.04. The van der Waals surface area contributed by atoms with Crippen LogP contribution in [-0.2, 0) is 0 Å². The van der Waals surface area contributed by atoms with Crippen molar-refractivity contribution >= 4 is 12.0 Å². The zero-order chi connectivity index (χ0) is 23.9. The first-order valence-corrected chi connectivity index (χ1v) is 11.8. The van der Waals surface area contributed by atoms with Gasteiger partial charge in [-0.15, -0.1) is 0 Å². The van der Waals surface area contributed by atoms with E-state index in [0.717, 1.165) is 24.3 Å². The predicted octanol–water partition coefficient (Wildman–Crippen LogP) is 2.94. The number of carbonyl (C=O) groups excluding carboxylic acids is 1. The number of carbonyl (C=O) groups is 1. The second kappa shape index (κ2) is 11.5. The van der Waals surface area contributed by atoms with Gasteiger partial charge in [-0.2, -0.15) is 4.98 Å². The zero-order valence-corrected chi connectivity index (χ0v) is 19.5. The van der Waals surface area contributed by atoms with Gasteiger partial charge >= 0.3 is 12.0 Å². The van der Waals surface area contributed by atoms with Crippen LogP contribution >= 0.6 is 0 Å². The topological polar surface area (TPSA) is 87.0 Å². The van der Waals surface area contributed by atoms with E-state index in [9.17, 15) is 13.6 Å². The lowest BCUT2D eigenvalue weighted by molar-refractivity contribution is 0.0351. The molecule has 0 aliphatic carbocycles. The van der Waals surface area contributed by atoms with Crippen molar-refractivity contribution in [3.63, 3.8) is 0 Å². The minimum Gasteiger partial charge on any atom is -0.497 e. The van der Waals surface area contributed by atoms with Gasteiger partial charge in [0.15, 0.2) is 0 Å². The monoisotopic (exact) mass is 478 g/mol. The normalized spacial score (nSPS) is 17.9. The molecule has 2 saturated heterocycles. The molecule has 11 heteroatoms. The minimum atomic E-state index is -2.21. The molecule has 2 amide bonds. The molecule has 0 saturated carbocycles. The molecular formula is C23H32F2N6O3. The number of rotatable bonds is 8. The highest BCUT2D eigenvalue weighted by Crippen LogP contribution is 2.24. The number of piperidine rings is 1. The Bertz CT molecular complexity index is 910. The van der Waals surface area contributed by atoms with Crippen molar-refractivity contribution in [3.05, 3.63) is 24.3 Å². The molecule has 2 aliphatic heterocycles. The van der Waals surface area contributed by atoms with E-state index in [1.54, 1.807) is 12.0 Å². The van der Waals surface area contributed by atoms with Crippen molar-refractivity contribution in [1.82, 2.24) is 25.3 Å². The predicted molar refractivity (Wildman–Crippen MR) is 123 cm³/mol. The average molecular weight is 479 g/mol. The Kier molecular flexibility index (Phi) is 8.15. The molecule has 34 heavy (non-hydrogen) atoms. The molecule has 4 rings (SSSR count). The number of urea groups is 1. The number of benzene rings is 1. The van der Waals surface area contributed by atoms with Gasteiger partial charge in [0.1, 0.15) is 5.75 Å². The summed E-state index contributed by atoms with van der Waals surface area (Å²) in [6.45, 7) is 5.15. The van der Waals surface area contributed by atoms with Crippen LogP contribution in [0.2, 0.25) is 0 Å². The molecule has 0 spiro atoms. The molecule has 0 atom stereocenters. The number of anilines is 1. The smallest absolute Gasteiger partial charge is 0.324 e. The molecule has 1 aromatic carbocycles. The van der Waals surface area contributed by atoms with Crippen LogP contribution in [0.4, 0.5) is 19.6 Å². The van der Waals surface area contributed by atoms with E-state index in [-0.39, 0.29) is 6.03 Å². The van der Waals surface area contributed by atoms with Gasteiger partial charge in [-0.3, -0.25) is 0 Å². The number of hydrogen-bond acceptors (Lipinski definition) is 7. The largest absolute Gasteiger partial charge is 0.497 e. The Morgan fingerprint density at radius 3 is 2.50 bits per heavy atom. The molecule has 3 heterocycles. The van der Waals surface area contributed by atoms with Crippen molar-refractivity contribution in [2.24, 2.45) is 5.92 Å². The van der Waals surface area contributed by atoms with E-state index in [1.807, 2.05) is 29.2 Å². The van der Waals surface area contributed by atoms with E-state index in [0.29, 0.717) is 70.5 Å². The highest BCUT2D eigenvalue weighted by Gasteiger charge is 2.26. The third-order valence-corrected chi connectivity index (χ3v) is 6.52. The molecule has 0 bridgehead atoms. The molecule has 1 N–H and O–H groups in total. The number of nitrogens with zero attached hydrogens (tertiary/aromatic N) is 5. The fourth-order valence-corrected chi connectivity index (χ4v) is 4.34. The number of likely N-dealkylation sites (tertiary alicyclic amines) is 1. The lowest BCUT2D eigenvalue weighted by Crippen LogP contribution is -2.52. The number of halogens is 2. The van der Waals surface area contributed by atoms with Gasteiger partial charge in [-0.25, -0.2) is 13.6 Å². The maximum Gasteiger partial charge on any atom is 0.324 e. The first-order chi connectivity index (χ1) is 16.5. The van der Waals surface area contributed by atoms with Crippen LogP contribution in [-0.4, -0.2) is 91.9 Å². The first kappa shape index (κ1) is 24.2. The van der Waals surface area contributed by atoms with Crippen molar-refractivity contribution in [2.45, 2.75) is 25.7 Å². The molecule has 0 radical (unpaired) electrons. The molecule has 9 nitrogen and oxygen atoms in total. The van der Waals surface area contributed by atoms with Crippen molar-refractivity contribution in [2.75, 3.05) is 64.4 Å². The summed E-state index contributed by atoms with van der Waals surface area (Å²) >= 11 is 0. The third kappa shape index (κ3) is 6.13. The standard InChI is InChI=1S/C23H32F2N6O3/c1-33-19-5-3-18(4-6-19)21-27-23(34-28-21)31-15-13-30(14-16-31)22(32)26-9-2-10-29-11-7-17(8-12-29)20(24)25/h3-6,17,20H,2,7-16H2,1H3,(H,26,32). The van der Waals surface area contributed by atoms with E-state index >= 15 is 0 Å². The molecule has 2 fully saturated rings. The van der Waals surface area contributed by atoms with Crippen molar-refractivity contribution in [1.29, 1.82) is 0 Å². The Morgan fingerprint density at radius 2 is 1.85 bits per heavy atom. The van der Waals surface area contributed by atoms with Crippen LogP contribution in [0.1, 0.15) is 19.3 Å². The summed E-state index contributed by atoms with van der Waals surface area (Å²) < 4.78 is 36.1. The van der Waals surface area contributed by atoms with Crippen LogP contribution in [0.15, 0.2) is 28.8 Å². The summed E-state index contributed by atoms with van der Waals surface area (Å²) in [6.07, 6.45) is -0.301. The van der Waals surface area contributed by atoms with Gasteiger partial charge in [-0.05, 0) is 63.2 Å². The average Bonchev–Trinajstić information content (AvgIpc) is 3.37. The minimum absolute atomic E-state index is 0.0829. The number of methoxy groups -OCH3 is 1. The highest BCUT2D eigenvalue weighted by molar-refractivity contribution is 5.74. The maximum atomic E-state index is 12.7. The number of ether oxygens (including phenoxy) is 1. The van der Waals surface area contributed by atoms with Crippen LogP contribution in [0.3, 0.4) is 0 Å². The second-order valence-electron chi connectivity index (χ2n) is 8.70.